The first-order chi connectivity index (χ1) is 17.1. The van der Waals surface area contributed by atoms with Gasteiger partial charge in [-0.05, 0) is 95.3 Å². The maximum Gasteiger partial charge on any atom is 0.229 e. The van der Waals surface area contributed by atoms with E-state index in [2.05, 4.69) is 20.5 Å². The second-order valence-corrected chi connectivity index (χ2v) is 11.0. The van der Waals surface area contributed by atoms with Crippen LogP contribution in [0.15, 0.2) is 24.5 Å². The van der Waals surface area contributed by atoms with E-state index in [4.69, 9.17) is 9.97 Å². The van der Waals surface area contributed by atoms with Gasteiger partial charge in [-0.1, -0.05) is 19.3 Å². The fourth-order valence-electron chi connectivity index (χ4n) is 6.19. The number of rotatable bonds is 7. The Morgan fingerprint density at radius 2 is 1.74 bits per heavy atom. The Bertz CT molecular complexity index is 946. The molecular formula is C28H42N6O. The fourth-order valence-corrected chi connectivity index (χ4v) is 6.19. The third-order valence-corrected chi connectivity index (χ3v) is 8.28. The molecule has 0 amide bonds. The van der Waals surface area contributed by atoms with E-state index in [9.17, 15) is 5.11 Å². The maximum absolute atomic E-state index is 9.95. The van der Waals surface area contributed by atoms with Crippen LogP contribution in [0.4, 0.5) is 17.5 Å². The van der Waals surface area contributed by atoms with Crippen molar-refractivity contribution in [1.82, 2.24) is 19.9 Å². The number of anilines is 3. The van der Waals surface area contributed by atoms with Crippen molar-refractivity contribution in [3.63, 3.8) is 0 Å². The monoisotopic (exact) mass is 478 g/mol. The minimum atomic E-state index is -0.154. The van der Waals surface area contributed by atoms with Gasteiger partial charge in [0.05, 0.1) is 6.10 Å². The van der Waals surface area contributed by atoms with Crippen molar-refractivity contribution in [2.75, 3.05) is 30.3 Å². The van der Waals surface area contributed by atoms with Crippen molar-refractivity contribution in [3.8, 4) is 0 Å². The van der Waals surface area contributed by atoms with Crippen molar-refractivity contribution < 1.29 is 5.11 Å². The molecule has 0 atom stereocenters. The first kappa shape index (κ1) is 24.4. The molecule has 35 heavy (non-hydrogen) atoms. The summed E-state index contributed by atoms with van der Waals surface area (Å²) in [6, 6.07) is 4.31. The largest absolute Gasteiger partial charge is 0.393 e. The van der Waals surface area contributed by atoms with Crippen LogP contribution in [0, 0.1) is 12.8 Å². The molecule has 1 saturated heterocycles. The van der Waals surface area contributed by atoms with Crippen LogP contribution in [0.2, 0.25) is 0 Å². The van der Waals surface area contributed by atoms with E-state index in [1.807, 2.05) is 25.3 Å². The molecule has 2 aromatic heterocycles. The summed E-state index contributed by atoms with van der Waals surface area (Å²) in [7, 11) is 0. The first-order valence-electron chi connectivity index (χ1n) is 13.9. The van der Waals surface area contributed by atoms with Crippen LogP contribution in [0.3, 0.4) is 0 Å². The summed E-state index contributed by atoms with van der Waals surface area (Å²) in [5.74, 6) is 2.99. The van der Waals surface area contributed by atoms with Crippen molar-refractivity contribution in [3.05, 3.63) is 35.8 Å². The lowest BCUT2D eigenvalue weighted by Gasteiger charge is -2.36. The van der Waals surface area contributed by atoms with Crippen LogP contribution in [0.1, 0.15) is 87.8 Å². The van der Waals surface area contributed by atoms with Gasteiger partial charge in [-0.2, -0.15) is 4.98 Å². The second kappa shape index (κ2) is 11.7. The summed E-state index contributed by atoms with van der Waals surface area (Å²) in [5, 5.41) is 17.1. The molecule has 0 aromatic carbocycles. The fraction of sp³-hybridized carbons (Fsp3) is 0.679. The zero-order valence-electron chi connectivity index (χ0n) is 21.3. The van der Waals surface area contributed by atoms with Crippen LogP contribution in [-0.2, 0) is 0 Å². The summed E-state index contributed by atoms with van der Waals surface area (Å²) in [6.07, 6.45) is 16.8. The molecule has 0 radical (unpaired) electrons. The molecule has 0 bridgehead atoms. The van der Waals surface area contributed by atoms with E-state index in [-0.39, 0.29) is 6.10 Å². The van der Waals surface area contributed by atoms with Gasteiger partial charge >= 0.3 is 0 Å². The molecule has 7 nitrogen and oxygen atoms in total. The zero-order chi connectivity index (χ0) is 24.0. The predicted octanol–water partition coefficient (Wildman–Crippen LogP) is 5.40. The summed E-state index contributed by atoms with van der Waals surface area (Å²) < 4.78 is 0. The number of aliphatic hydroxyl groups is 1. The van der Waals surface area contributed by atoms with Crippen LogP contribution >= 0.6 is 0 Å². The summed E-state index contributed by atoms with van der Waals surface area (Å²) >= 11 is 0. The van der Waals surface area contributed by atoms with Gasteiger partial charge < -0.3 is 20.6 Å². The van der Waals surface area contributed by atoms with Crippen LogP contribution in [-0.4, -0.2) is 56.7 Å². The molecule has 3 aliphatic rings. The number of nitrogens with one attached hydrogen (secondary N) is 2. The molecule has 1 aliphatic heterocycles. The van der Waals surface area contributed by atoms with E-state index in [1.165, 1.54) is 70.1 Å². The number of aliphatic hydroxyl groups excluding tert-OH is 1. The molecule has 0 spiro atoms. The second-order valence-electron chi connectivity index (χ2n) is 11.0. The molecule has 7 heteroatoms. The molecule has 190 valence electrons. The number of pyridine rings is 1. The number of nitrogens with zero attached hydrogens (tertiary/aromatic N) is 4. The molecule has 3 heterocycles. The van der Waals surface area contributed by atoms with Crippen molar-refractivity contribution in [2.24, 2.45) is 5.92 Å². The summed E-state index contributed by atoms with van der Waals surface area (Å²) in [6.45, 7) is 5.62. The van der Waals surface area contributed by atoms with Gasteiger partial charge in [0, 0.05) is 41.9 Å². The molecular weight excluding hydrogens is 436 g/mol. The summed E-state index contributed by atoms with van der Waals surface area (Å²) in [5.41, 5.74) is 3.17. The average molecular weight is 479 g/mol. The van der Waals surface area contributed by atoms with Crippen molar-refractivity contribution >= 4 is 17.5 Å². The van der Waals surface area contributed by atoms with Gasteiger partial charge in [0.15, 0.2) is 0 Å². The highest BCUT2D eigenvalue weighted by Gasteiger charge is 2.27. The number of likely N-dealkylation sites (tertiary alicyclic amines) is 1. The molecule has 5 rings (SSSR count). The number of aromatic nitrogens is 3. The Hall–Kier alpha value is -2.25. The normalized spacial score (nSPS) is 24.9. The lowest BCUT2D eigenvalue weighted by Crippen LogP contribution is -2.37. The number of piperidine rings is 1. The smallest absolute Gasteiger partial charge is 0.229 e. The lowest BCUT2D eigenvalue weighted by atomic mass is 9.86. The third-order valence-electron chi connectivity index (χ3n) is 8.28. The minimum Gasteiger partial charge on any atom is -0.393 e. The highest BCUT2D eigenvalue weighted by Crippen LogP contribution is 2.35. The van der Waals surface area contributed by atoms with Crippen LogP contribution in [0.5, 0.6) is 0 Å². The molecule has 2 aliphatic carbocycles. The van der Waals surface area contributed by atoms with Gasteiger partial charge in [-0.25, -0.2) is 4.98 Å². The Balaban J connectivity index is 1.28. The van der Waals surface area contributed by atoms with Gasteiger partial charge in [0.25, 0.3) is 0 Å². The maximum atomic E-state index is 9.95. The topological polar surface area (TPSA) is 86.2 Å². The molecule has 3 fully saturated rings. The molecule has 0 unspecified atom stereocenters. The molecule has 3 N–H and O–H groups in total. The Morgan fingerprint density at radius 1 is 0.971 bits per heavy atom. The van der Waals surface area contributed by atoms with E-state index in [1.54, 1.807) is 6.20 Å². The minimum absolute atomic E-state index is 0.154. The average Bonchev–Trinajstić information content (AvgIpc) is 2.87. The predicted molar refractivity (Wildman–Crippen MR) is 141 cm³/mol. The van der Waals surface area contributed by atoms with Gasteiger partial charge in [0.1, 0.15) is 5.82 Å². The van der Waals surface area contributed by atoms with Gasteiger partial charge in [0.2, 0.25) is 5.95 Å². The van der Waals surface area contributed by atoms with Crippen LogP contribution < -0.4 is 10.6 Å². The number of hydrogen-bond acceptors (Lipinski definition) is 7. The van der Waals surface area contributed by atoms with Gasteiger partial charge in [-0.3, -0.25) is 4.98 Å². The highest BCUT2D eigenvalue weighted by atomic mass is 16.3. The first-order valence-corrected chi connectivity index (χ1v) is 13.9. The standard InChI is InChI=1S/C28H42N6O/c1-20-17-24(11-14-29-20)32-28-30-18-26(27(33-28)31-23-7-9-25(35)10-8-23)22-12-15-34(16-13-22)19-21-5-3-2-4-6-21/h11,14,17-18,21-23,25,35H,2-10,12-13,15-16,19H2,1H3,(H2,29,30,31,32,33). The number of aryl methyl sites for hydroxylation is 1. The van der Waals surface area contributed by atoms with Crippen molar-refractivity contribution in [2.45, 2.75) is 95.6 Å². The Morgan fingerprint density at radius 3 is 2.49 bits per heavy atom. The van der Waals surface area contributed by atoms with E-state index < -0.39 is 0 Å². The molecule has 2 aromatic rings. The third kappa shape index (κ3) is 6.70. The quantitative estimate of drug-likeness (QED) is 0.491. The van der Waals surface area contributed by atoms with Crippen LogP contribution in [0.25, 0.3) is 0 Å². The van der Waals surface area contributed by atoms with E-state index in [0.29, 0.717) is 17.9 Å². The van der Waals surface area contributed by atoms with Crippen molar-refractivity contribution in [1.29, 1.82) is 0 Å². The van der Waals surface area contributed by atoms with E-state index >= 15 is 0 Å². The zero-order valence-corrected chi connectivity index (χ0v) is 21.3. The summed E-state index contributed by atoms with van der Waals surface area (Å²) in [4.78, 5) is 16.7. The SMILES string of the molecule is Cc1cc(Nc2ncc(C3CCN(CC4CCCCC4)CC3)c(NC3CCC(O)CC3)n2)ccn1. The van der Waals surface area contributed by atoms with Gasteiger partial charge in [-0.15, -0.1) is 0 Å². The lowest BCUT2D eigenvalue weighted by molar-refractivity contribution is 0.126. The molecule has 2 saturated carbocycles. The Kier molecular flexibility index (Phi) is 8.14. The Labute approximate surface area is 210 Å². The number of hydrogen-bond donors (Lipinski definition) is 3. The van der Waals surface area contributed by atoms with E-state index in [0.717, 1.165) is 48.8 Å². The highest BCUT2D eigenvalue weighted by molar-refractivity contribution is 5.57.